The van der Waals surface area contributed by atoms with Gasteiger partial charge in [-0.25, -0.2) is 9.78 Å². The molecule has 20 heavy (non-hydrogen) atoms. The summed E-state index contributed by atoms with van der Waals surface area (Å²) in [5, 5.41) is 12.1. The van der Waals surface area contributed by atoms with Gasteiger partial charge in [-0.3, -0.25) is 0 Å². The first kappa shape index (κ1) is 14.0. The Morgan fingerprint density at radius 2 is 1.95 bits per heavy atom. The highest BCUT2D eigenvalue weighted by Gasteiger charge is 2.04. The van der Waals surface area contributed by atoms with Gasteiger partial charge in [-0.15, -0.1) is 0 Å². The number of carboxylic acid groups (broad SMARTS) is 1. The standard InChI is InChI=1S/C15H16N2O3/c1-20-13-7-5-11(6-8-13)9-16-10-12-3-2-4-14(17-12)15(18)19/h2-8,16H,9-10H2,1H3,(H,18,19). The average molecular weight is 272 g/mol. The van der Waals surface area contributed by atoms with Crippen molar-refractivity contribution < 1.29 is 14.6 Å². The van der Waals surface area contributed by atoms with E-state index in [1.165, 1.54) is 6.07 Å². The number of ether oxygens (including phenoxy) is 1. The summed E-state index contributed by atoms with van der Waals surface area (Å²) in [7, 11) is 1.63. The molecule has 1 heterocycles. The van der Waals surface area contributed by atoms with Crippen LogP contribution in [0.3, 0.4) is 0 Å². The van der Waals surface area contributed by atoms with Crippen LogP contribution >= 0.6 is 0 Å². The molecule has 5 heteroatoms. The van der Waals surface area contributed by atoms with Crippen LogP contribution in [0.1, 0.15) is 21.7 Å². The first-order valence-corrected chi connectivity index (χ1v) is 6.22. The molecule has 2 aromatic rings. The molecule has 5 nitrogen and oxygen atoms in total. The van der Waals surface area contributed by atoms with Crippen molar-refractivity contribution in [1.82, 2.24) is 10.3 Å². The van der Waals surface area contributed by atoms with E-state index in [0.717, 1.165) is 11.3 Å². The molecule has 0 amide bonds. The second-order valence-electron chi connectivity index (χ2n) is 4.27. The molecule has 0 unspecified atom stereocenters. The van der Waals surface area contributed by atoms with Crippen LogP contribution in [-0.2, 0) is 13.1 Å². The number of methoxy groups -OCH3 is 1. The molecule has 0 aliphatic carbocycles. The van der Waals surface area contributed by atoms with Gasteiger partial charge in [0.15, 0.2) is 0 Å². The number of aromatic nitrogens is 1. The Hall–Kier alpha value is -2.40. The SMILES string of the molecule is COc1ccc(CNCc2cccc(C(=O)O)n2)cc1. The van der Waals surface area contributed by atoms with Crippen molar-refractivity contribution in [3.63, 3.8) is 0 Å². The lowest BCUT2D eigenvalue weighted by atomic mass is 10.2. The molecule has 104 valence electrons. The van der Waals surface area contributed by atoms with Gasteiger partial charge in [0.05, 0.1) is 12.8 Å². The minimum Gasteiger partial charge on any atom is -0.497 e. The lowest BCUT2D eigenvalue weighted by Gasteiger charge is -2.06. The van der Waals surface area contributed by atoms with Crippen LogP contribution in [0.25, 0.3) is 0 Å². The van der Waals surface area contributed by atoms with E-state index < -0.39 is 5.97 Å². The zero-order valence-corrected chi connectivity index (χ0v) is 11.2. The number of nitrogens with zero attached hydrogens (tertiary/aromatic N) is 1. The van der Waals surface area contributed by atoms with Crippen LogP contribution in [0.15, 0.2) is 42.5 Å². The molecule has 1 aromatic heterocycles. The van der Waals surface area contributed by atoms with Crippen LogP contribution in [0, 0.1) is 0 Å². The predicted molar refractivity (Wildman–Crippen MR) is 74.7 cm³/mol. The van der Waals surface area contributed by atoms with E-state index in [4.69, 9.17) is 9.84 Å². The Bertz CT molecular complexity index is 582. The normalized spacial score (nSPS) is 10.2. The van der Waals surface area contributed by atoms with Crippen molar-refractivity contribution in [3.05, 3.63) is 59.4 Å². The van der Waals surface area contributed by atoms with Crippen molar-refractivity contribution in [2.75, 3.05) is 7.11 Å². The van der Waals surface area contributed by atoms with E-state index in [0.29, 0.717) is 18.8 Å². The van der Waals surface area contributed by atoms with Crippen molar-refractivity contribution >= 4 is 5.97 Å². The second-order valence-corrected chi connectivity index (χ2v) is 4.27. The Morgan fingerprint density at radius 1 is 1.20 bits per heavy atom. The molecule has 2 N–H and O–H groups in total. The molecule has 0 spiro atoms. The molecule has 0 saturated heterocycles. The average Bonchev–Trinajstić information content (AvgIpc) is 2.48. The number of benzene rings is 1. The first-order valence-electron chi connectivity index (χ1n) is 6.22. The molecule has 0 saturated carbocycles. The maximum Gasteiger partial charge on any atom is 0.354 e. The second kappa shape index (κ2) is 6.68. The summed E-state index contributed by atoms with van der Waals surface area (Å²) < 4.78 is 5.09. The minimum atomic E-state index is -1.01. The maximum atomic E-state index is 10.8. The number of pyridine rings is 1. The summed E-state index contributed by atoms with van der Waals surface area (Å²) >= 11 is 0. The van der Waals surface area contributed by atoms with E-state index in [1.54, 1.807) is 19.2 Å². The molecule has 0 aliphatic heterocycles. The number of aromatic carboxylic acids is 1. The van der Waals surface area contributed by atoms with Crippen molar-refractivity contribution in [3.8, 4) is 5.75 Å². The fourth-order valence-electron chi connectivity index (χ4n) is 1.78. The quantitative estimate of drug-likeness (QED) is 0.842. The van der Waals surface area contributed by atoms with E-state index in [1.807, 2.05) is 24.3 Å². The van der Waals surface area contributed by atoms with Gasteiger partial charge in [0.1, 0.15) is 11.4 Å². The molecular formula is C15H16N2O3. The van der Waals surface area contributed by atoms with E-state index >= 15 is 0 Å². The smallest absolute Gasteiger partial charge is 0.354 e. The first-order chi connectivity index (χ1) is 9.69. The Kier molecular flexibility index (Phi) is 4.68. The molecule has 1 aromatic carbocycles. The van der Waals surface area contributed by atoms with Gasteiger partial charge in [0.2, 0.25) is 0 Å². The van der Waals surface area contributed by atoms with Crippen molar-refractivity contribution in [1.29, 1.82) is 0 Å². The van der Waals surface area contributed by atoms with Gasteiger partial charge < -0.3 is 15.2 Å². The number of nitrogens with one attached hydrogen (secondary N) is 1. The van der Waals surface area contributed by atoms with Crippen LogP contribution in [0.2, 0.25) is 0 Å². The summed E-state index contributed by atoms with van der Waals surface area (Å²) in [6, 6.07) is 12.7. The molecule has 2 rings (SSSR count). The number of carbonyl (C=O) groups is 1. The molecular weight excluding hydrogens is 256 g/mol. The van der Waals surface area contributed by atoms with Crippen LogP contribution in [0.4, 0.5) is 0 Å². The Balaban J connectivity index is 1.88. The van der Waals surface area contributed by atoms with E-state index in [2.05, 4.69) is 10.3 Å². The lowest BCUT2D eigenvalue weighted by Crippen LogP contribution is -2.14. The topological polar surface area (TPSA) is 71.5 Å². The summed E-state index contributed by atoms with van der Waals surface area (Å²) in [6.45, 7) is 1.20. The van der Waals surface area contributed by atoms with Gasteiger partial charge in [-0.05, 0) is 29.8 Å². The Labute approximate surface area is 117 Å². The zero-order valence-electron chi connectivity index (χ0n) is 11.2. The van der Waals surface area contributed by atoms with Crippen molar-refractivity contribution in [2.24, 2.45) is 0 Å². The van der Waals surface area contributed by atoms with Gasteiger partial charge in [-0.2, -0.15) is 0 Å². The summed E-state index contributed by atoms with van der Waals surface area (Å²) in [6.07, 6.45) is 0. The third-order valence-electron chi connectivity index (χ3n) is 2.82. The number of rotatable bonds is 6. The minimum absolute atomic E-state index is 0.0637. The van der Waals surface area contributed by atoms with Crippen LogP contribution < -0.4 is 10.1 Å². The highest BCUT2D eigenvalue weighted by atomic mass is 16.5. The predicted octanol–water partition coefficient (Wildman–Crippen LogP) is 2.08. The van der Waals surface area contributed by atoms with Gasteiger partial charge in [-0.1, -0.05) is 18.2 Å². The van der Waals surface area contributed by atoms with Gasteiger partial charge >= 0.3 is 5.97 Å². The highest BCUT2D eigenvalue weighted by Crippen LogP contribution is 2.11. The third kappa shape index (κ3) is 3.80. The maximum absolute atomic E-state index is 10.8. The monoisotopic (exact) mass is 272 g/mol. The largest absolute Gasteiger partial charge is 0.497 e. The van der Waals surface area contributed by atoms with E-state index in [9.17, 15) is 4.79 Å². The summed E-state index contributed by atoms with van der Waals surface area (Å²) in [4.78, 5) is 14.9. The molecule has 0 atom stereocenters. The molecule has 0 bridgehead atoms. The fraction of sp³-hybridized carbons (Fsp3) is 0.200. The Morgan fingerprint density at radius 3 is 2.60 bits per heavy atom. The molecule has 0 aliphatic rings. The molecule has 0 radical (unpaired) electrons. The van der Waals surface area contributed by atoms with Crippen LogP contribution in [0.5, 0.6) is 5.75 Å². The van der Waals surface area contributed by atoms with E-state index in [-0.39, 0.29) is 5.69 Å². The van der Waals surface area contributed by atoms with Crippen molar-refractivity contribution in [2.45, 2.75) is 13.1 Å². The fourth-order valence-corrected chi connectivity index (χ4v) is 1.78. The number of carboxylic acids is 1. The number of hydrogen-bond donors (Lipinski definition) is 2. The summed E-state index contributed by atoms with van der Waals surface area (Å²) in [5.41, 5.74) is 1.90. The highest BCUT2D eigenvalue weighted by molar-refractivity contribution is 5.85. The van der Waals surface area contributed by atoms with Crippen LogP contribution in [-0.4, -0.2) is 23.2 Å². The van der Waals surface area contributed by atoms with Gasteiger partial charge in [0, 0.05) is 13.1 Å². The third-order valence-corrected chi connectivity index (χ3v) is 2.82. The molecule has 0 fully saturated rings. The number of hydrogen-bond acceptors (Lipinski definition) is 4. The van der Waals surface area contributed by atoms with Gasteiger partial charge in [0.25, 0.3) is 0 Å². The summed E-state index contributed by atoms with van der Waals surface area (Å²) in [5.74, 6) is -0.188. The zero-order chi connectivity index (χ0) is 14.4. The lowest BCUT2D eigenvalue weighted by molar-refractivity contribution is 0.0690.